The van der Waals surface area contributed by atoms with E-state index in [1.54, 1.807) is 6.20 Å². The summed E-state index contributed by atoms with van der Waals surface area (Å²) in [4.78, 5) is 15.9. The molecule has 0 unspecified atom stereocenters. The molecule has 3 nitrogen and oxygen atoms in total. The van der Waals surface area contributed by atoms with Crippen LogP contribution in [0.1, 0.15) is 31.0 Å². The molecule has 2 rings (SSSR count). The quantitative estimate of drug-likeness (QED) is 0.461. The number of carbonyl (C=O) groups excluding carboxylic acids is 1. The van der Waals surface area contributed by atoms with Crippen molar-refractivity contribution in [3.05, 3.63) is 51.4 Å². The van der Waals surface area contributed by atoms with E-state index in [-0.39, 0.29) is 0 Å². The predicted octanol–water partition coefficient (Wildman–Crippen LogP) is 5.61. The van der Waals surface area contributed by atoms with Crippen LogP contribution in [-0.2, 0) is 4.79 Å². The maximum absolute atomic E-state index is 11.5. The number of pyridine rings is 1. The minimum absolute atomic E-state index is 0.469. The van der Waals surface area contributed by atoms with E-state index in [0.717, 1.165) is 38.8 Å². The Kier molecular flexibility index (Phi) is 7.03. The van der Waals surface area contributed by atoms with Gasteiger partial charge in [-0.15, -0.1) is 6.42 Å². The lowest BCUT2D eigenvalue weighted by Gasteiger charge is -2.11. The lowest BCUT2D eigenvalue weighted by molar-refractivity contribution is -0.111. The van der Waals surface area contributed by atoms with Crippen molar-refractivity contribution in [3.8, 4) is 23.5 Å². The fourth-order valence-electron chi connectivity index (χ4n) is 2.27. The summed E-state index contributed by atoms with van der Waals surface area (Å²) in [6.07, 6.45) is 10.9. The SMILES string of the molecule is C#CC(=O)Nc1cc(-c2cnc(C)c(/C(Cl)=C\CCC)c2)ccc1I. The Morgan fingerprint density at radius 3 is 2.84 bits per heavy atom. The molecule has 0 aliphatic rings. The molecule has 1 amide bonds. The molecule has 1 aromatic carbocycles. The summed E-state index contributed by atoms with van der Waals surface area (Å²) in [5.74, 6) is 1.59. The van der Waals surface area contributed by atoms with E-state index in [1.807, 2.05) is 37.3 Å². The summed E-state index contributed by atoms with van der Waals surface area (Å²) in [6.45, 7) is 4.05. The summed E-state index contributed by atoms with van der Waals surface area (Å²) in [7, 11) is 0. The Morgan fingerprint density at radius 2 is 2.16 bits per heavy atom. The summed E-state index contributed by atoms with van der Waals surface area (Å²) in [5, 5.41) is 3.41. The number of nitrogens with one attached hydrogen (secondary N) is 1. The van der Waals surface area contributed by atoms with Gasteiger partial charge < -0.3 is 5.32 Å². The van der Waals surface area contributed by atoms with Gasteiger partial charge in [0.2, 0.25) is 0 Å². The number of nitrogens with zero attached hydrogens (tertiary/aromatic N) is 1. The first-order valence-corrected chi connectivity index (χ1v) is 9.32. The molecule has 1 heterocycles. The number of terminal acetylenes is 1. The van der Waals surface area contributed by atoms with Crippen LogP contribution in [0.2, 0.25) is 0 Å². The highest BCUT2D eigenvalue weighted by atomic mass is 127. The fourth-order valence-corrected chi connectivity index (χ4v) is 3.04. The number of rotatable bonds is 5. The third kappa shape index (κ3) is 5.07. The zero-order valence-electron chi connectivity index (χ0n) is 14.1. The van der Waals surface area contributed by atoms with Gasteiger partial charge in [0, 0.05) is 31.6 Å². The summed E-state index contributed by atoms with van der Waals surface area (Å²) < 4.78 is 0.908. The molecule has 0 aliphatic heterocycles. The van der Waals surface area contributed by atoms with Crippen molar-refractivity contribution in [2.45, 2.75) is 26.7 Å². The van der Waals surface area contributed by atoms with Crippen molar-refractivity contribution in [3.63, 3.8) is 0 Å². The van der Waals surface area contributed by atoms with Gasteiger partial charge in [-0.1, -0.05) is 37.1 Å². The van der Waals surface area contributed by atoms with Gasteiger partial charge in [-0.05, 0) is 65.6 Å². The second-order valence-electron chi connectivity index (χ2n) is 5.49. The molecule has 0 aliphatic carbocycles. The molecule has 1 aromatic heterocycles. The van der Waals surface area contributed by atoms with Crippen LogP contribution in [0, 0.1) is 22.8 Å². The number of allylic oxidation sites excluding steroid dienone is 1. The molecular weight excluding hydrogens is 447 g/mol. The Balaban J connectivity index is 2.44. The molecule has 0 fully saturated rings. The molecule has 0 saturated heterocycles. The van der Waals surface area contributed by atoms with E-state index in [0.29, 0.717) is 10.7 Å². The number of hydrogen-bond donors (Lipinski definition) is 1. The first-order chi connectivity index (χ1) is 12.0. The highest BCUT2D eigenvalue weighted by Crippen LogP contribution is 2.30. The lowest BCUT2D eigenvalue weighted by Crippen LogP contribution is -2.09. The van der Waals surface area contributed by atoms with Gasteiger partial charge in [-0.25, -0.2) is 0 Å². The van der Waals surface area contributed by atoms with Gasteiger partial charge in [0.05, 0.1) is 5.69 Å². The van der Waals surface area contributed by atoms with Gasteiger partial charge in [0.15, 0.2) is 0 Å². The number of carbonyl (C=O) groups is 1. The van der Waals surface area contributed by atoms with E-state index in [2.05, 4.69) is 45.7 Å². The number of unbranched alkanes of at least 4 members (excludes halogenated alkanes) is 1. The van der Waals surface area contributed by atoms with E-state index >= 15 is 0 Å². The molecule has 25 heavy (non-hydrogen) atoms. The zero-order chi connectivity index (χ0) is 18.4. The normalized spacial score (nSPS) is 11.1. The summed E-state index contributed by atoms with van der Waals surface area (Å²) in [6, 6.07) is 7.81. The van der Waals surface area contributed by atoms with Crippen LogP contribution in [0.15, 0.2) is 36.5 Å². The van der Waals surface area contributed by atoms with E-state index in [1.165, 1.54) is 0 Å². The average Bonchev–Trinajstić information content (AvgIpc) is 2.61. The van der Waals surface area contributed by atoms with Crippen LogP contribution >= 0.6 is 34.2 Å². The maximum Gasteiger partial charge on any atom is 0.300 e. The van der Waals surface area contributed by atoms with Crippen LogP contribution in [0.4, 0.5) is 5.69 Å². The first-order valence-electron chi connectivity index (χ1n) is 7.86. The van der Waals surface area contributed by atoms with Gasteiger partial charge in [0.25, 0.3) is 5.91 Å². The van der Waals surface area contributed by atoms with Crippen LogP contribution in [0.25, 0.3) is 16.2 Å². The molecule has 0 spiro atoms. The average molecular weight is 465 g/mol. The standard InChI is InChI=1S/C20H18ClIN2O/c1-4-6-7-17(21)16-10-15(12-23-13(16)3)14-8-9-18(22)19(11-14)24-20(25)5-2/h2,7-12H,4,6H2,1,3H3,(H,24,25)/b17-7+. The number of benzene rings is 1. The van der Waals surface area contributed by atoms with Crippen LogP contribution in [0.5, 0.6) is 0 Å². The third-order valence-electron chi connectivity index (χ3n) is 3.64. The van der Waals surface area contributed by atoms with Gasteiger partial charge in [-0.2, -0.15) is 0 Å². The first kappa shape index (κ1) is 19.5. The van der Waals surface area contributed by atoms with Crippen LogP contribution in [-0.4, -0.2) is 10.9 Å². The molecule has 0 saturated carbocycles. The number of halogens is 2. The second-order valence-corrected chi connectivity index (χ2v) is 7.06. The molecule has 2 aromatic rings. The maximum atomic E-state index is 11.5. The number of anilines is 1. The Morgan fingerprint density at radius 1 is 1.40 bits per heavy atom. The second kappa shape index (κ2) is 9.02. The molecule has 128 valence electrons. The van der Waals surface area contributed by atoms with Crippen molar-refractivity contribution < 1.29 is 4.79 Å². The molecule has 1 N–H and O–H groups in total. The molecule has 0 radical (unpaired) electrons. The van der Waals surface area contributed by atoms with E-state index in [4.69, 9.17) is 18.0 Å². The number of aromatic nitrogens is 1. The topological polar surface area (TPSA) is 42.0 Å². The predicted molar refractivity (Wildman–Crippen MR) is 113 cm³/mol. The minimum Gasteiger partial charge on any atom is -0.314 e. The largest absolute Gasteiger partial charge is 0.314 e. The van der Waals surface area contributed by atoms with E-state index in [9.17, 15) is 4.79 Å². The van der Waals surface area contributed by atoms with Crippen molar-refractivity contribution in [1.82, 2.24) is 4.98 Å². The zero-order valence-corrected chi connectivity index (χ0v) is 17.0. The number of aryl methyl sites for hydroxylation is 1. The van der Waals surface area contributed by atoms with Gasteiger partial charge in [0.1, 0.15) is 0 Å². The Labute approximate surface area is 167 Å². The monoisotopic (exact) mass is 464 g/mol. The minimum atomic E-state index is -0.469. The Hall–Kier alpha value is -1.84. The summed E-state index contributed by atoms with van der Waals surface area (Å²) >= 11 is 8.59. The van der Waals surface area contributed by atoms with Crippen molar-refractivity contribution in [2.75, 3.05) is 5.32 Å². The molecule has 0 bridgehead atoms. The number of hydrogen-bond acceptors (Lipinski definition) is 2. The van der Waals surface area contributed by atoms with Gasteiger partial charge >= 0.3 is 0 Å². The van der Waals surface area contributed by atoms with E-state index < -0.39 is 5.91 Å². The van der Waals surface area contributed by atoms with Crippen molar-refractivity contribution >= 4 is 50.8 Å². The van der Waals surface area contributed by atoms with Crippen LogP contribution < -0.4 is 5.32 Å². The number of amides is 1. The molecule has 5 heteroatoms. The summed E-state index contributed by atoms with van der Waals surface area (Å²) in [5.41, 5.74) is 4.33. The molecular formula is C20H18ClIN2O. The fraction of sp³-hybridized carbons (Fsp3) is 0.200. The molecule has 0 atom stereocenters. The van der Waals surface area contributed by atoms with Crippen molar-refractivity contribution in [2.24, 2.45) is 0 Å². The Bertz CT molecular complexity index is 868. The van der Waals surface area contributed by atoms with Crippen molar-refractivity contribution in [1.29, 1.82) is 0 Å². The third-order valence-corrected chi connectivity index (χ3v) is 4.93. The van der Waals surface area contributed by atoms with Crippen LogP contribution in [0.3, 0.4) is 0 Å². The van der Waals surface area contributed by atoms with Gasteiger partial charge in [-0.3, -0.25) is 9.78 Å². The smallest absolute Gasteiger partial charge is 0.300 e. The highest BCUT2D eigenvalue weighted by Gasteiger charge is 2.10. The lowest BCUT2D eigenvalue weighted by atomic mass is 10.0. The highest BCUT2D eigenvalue weighted by molar-refractivity contribution is 14.1.